The average Bonchev–Trinajstić information content (AvgIpc) is 2.43. The molecule has 2 aromatic rings. The molecule has 1 aliphatic rings. The van der Waals surface area contributed by atoms with Gasteiger partial charge in [-0.1, -0.05) is 44.4 Å². The van der Waals surface area contributed by atoms with E-state index >= 15 is 0 Å². The van der Waals surface area contributed by atoms with Crippen LogP contribution in [0.1, 0.15) is 38.2 Å². The molecule has 1 aliphatic carbocycles. The molecule has 20 heavy (non-hydrogen) atoms. The lowest BCUT2D eigenvalue weighted by Gasteiger charge is -2.30. The lowest BCUT2D eigenvalue weighted by atomic mass is 9.79. The molecule has 1 aromatic carbocycles. The van der Waals surface area contributed by atoms with Crippen LogP contribution in [0.25, 0.3) is 10.9 Å². The Balaban J connectivity index is 1.78. The summed E-state index contributed by atoms with van der Waals surface area (Å²) >= 11 is 0. The quantitative estimate of drug-likeness (QED) is 0.858. The minimum atomic E-state index is 0.608. The molecule has 0 saturated heterocycles. The van der Waals surface area contributed by atoms with E-state index in [1.54, 1.807) is 0 Å². The highest BCUT2D eigenvalue weighted by Crippen LogP contribution is 2.31. The van der Waals surface area contributed by atoms with E-state index in [0.29, 0.717) is 6.04 Å². The maximum Gasteiger partial charge on any atom is 0.0704 e. The number of nitrogens with one attached hydrogen (secondary N) is 1. The first-order valence-corrected chi connectivity index (χ1v) is 7.93. The number of hydrogen-bond acceptors (Lipinski definition) is 2. The van der Waals surface area contributed by atoms with Crippen molar-refractivity contribution in [3.8, 4) is 0 Å². The Morgan fingerprint density at radius 1 is 1.25 bits per heavy atom. The van der Waals surface area contributed by atoms with Crippen LogP contribution >= 0.6 is 0 Å². The first kappa shape index (κ1) is 13.6. The van der Waals surface area contributed by atoms with Crippen LogP contribution in [0.5, 0.6) is 0 Å². The molecule has 1 atom stereocenters. The number of aromatic nitrogens is 1. The van der Waals surface area contributed by atoms with E-state index in [2.05, 4.69) is 47.6 Å². The van der Waals surface area contributed by atoms with Crippen LogP contribution in [0, 0.1) is 5.92 Å². The van der Waals surface area contributed by atoms with Gasteiger partial charge in [0.15, 0.2) is 0 Å². The number of fused-ring (bicyclic) bond motifs is 1. The van der Waals surface area contributed by atoms with Gasteiger partial charge in [-0.15, -0.1) is 0 Å². The van der Waals surface area contributed by atoms with Crippen LogP contribution in [-0.4, -0.2) is 17.6 Å². The van der Waals surface area contributed by atoms with Crippen molar-refractivity contribution in [2.45, 2.75) is 45.1 Å². The fourth-order valence-corrected chi connectivity index (χ4v) is 3.26. The van der Waals surface area contributed by atoms with Crippen molar-refractivity contribution in [3.63, 3.8) is 0 Å². The molecule has 1 N–H and O–H groups in total. The topological polar surface area (TPSA) is 24.9 Å². The van der Waals surface area contributed by atoms with Crippen LogP contribution in [0.2, 0.25) is 0 Å². The van der Waals surface area contributed by atoms with E-state index in [1.165, 1.54) is 36.6 Å². The lowest BCUT2D eigenvalue weighted by molar-refractivity contribution is 0.260. The Labute approximate surface area is 121 Å². The molecule has 0 amide bonds. The van der Waals surface area contributed by atoms with E-state index in [9.17, 15) is 0 Å². The normalized spacial score (nSPS) is 17.1. The van der Waals surface area contributed by atoms with Crippen LogP contribution in [0.15, 0.2) is 36.5 Å². The summed E-state index contributed by atoms with van der Waals surface area (Å²) in [5.41, 5.74) is 2.55. The van der Waals surface area contributed by atoms with Crippen LogP contribution in [-0.2, 0) is 6.42 Å². The highest BCUT2D eigenvalue weighted by molar-refractivity contribution is 5.81. The van der Waals surface area contributed by atoms with Gasteiger partial charge in [0.05, 0.1) is 5.52 Å². The maximum absolute atomic E-state index is 4.46. The minimum absolute atomic E-state index is 0.608. The molecule has 1 saturated carbocycles. The number of nitrogens with zero attached hydrogens (tertiary/aromatic N) is 1. The molecule has 2 nitrogen and oxygen atoms in total. The SMILES string of the molecule is CCNC(Cc1ccnc2ccccc12)CC1CCC1. The summed E-state index contributed by atoms with van der Waals surface area (Å²) in [6.07, 6.45) is 8.68. The molecule has 1 aromatic heterocycles. The van der Waals surface area contributed by atoms with Crippen molar-refractivity contribution in [1.82, 2.24) is 10.3 Å². The number of para-hydroxylation sites is 1. The van der Waals surface area contributed by atoms with E-state index in [4.69, 9.17) is 0 Å². The van der Waals surface area contributed by atoms with Gasteiger partial charge in [0, 0.05) is 17.6 Å². The van der Waals surface area contributed by atoms with Crippen LogP contribution < -0.4 is 5.32 Å². The molecular weight excluding hydrogens is 244 g/mol. The Hall–Kier alpha value is -1.41. The molecule has 2 heteroatoms. The molecule has 1 heterocycles. The number of hydrogen-bond donors (Lipinski definition) is 1. The summed E-state index contributed by atoms with van der Waals surface area (Å²) in [5, 5.41) is 4.99. The predicted molar refractivity (Wildman–Crippen MR) is 84.9 cm³/mol. The smallest absolute Gasteiger partial charge is 0.0704 e. The van der Waals surface area contributed by atoms with E-state index < -0.39 is 0 Å². The van der Waals surface area contributed by atoms with Crippen molar-refractivity contribution in [1.29, 1.82) is 0 Å². The second-order valence-corrected chi connectivity index (χ2v) is 5.98. The van der Waals surface area contributed by atoms with E-state index in [-0.39, 0.29) is 0 Å². The Bertz CT molecular complexity index is 555. The van der Waals surface area contributed by atoms with Crippen LogP contribution in [0.4, 0.5) is 0 Å². The highest BCUT2D eigenvalue weighted by Gasteiger charge is 2.22. The molecule has 1 unspecified atom stereocenters. The third kappa shape index (κ3) is 3.01. The molecule has 0 radical (unpaired) electrons. The van der Waals surface area contributed by atoms with Gasteiger partial charge >= 0.3 is 0 Å². The molecular formula is C18H24N2. The van der Waals surface area contributed by atoms with Gasteiger partial charge in [-0.25, -0.2) is 0 Å². The molecule has 0 aliphatic heterocycles. The van der Waals surface area contributed by atoms with Crippen LogP contribution in [0.3, 0.4) is 0 Å². The summed E-state index contributed by atoms with van der Waals surface area (Å²) < 4.78 is 0. The fraction of sp³-hybridized carbons (Fsp3) is 0.500. The molecule has 0 bridgehead atoms. The van der Waals surface area contributed by atoms with Crippen molar-refractivity contribution >= 4 is 10.9 Å². The van der Waals surface area contributed by atoms with E-state index in [0.717, 1.165) is 24.4 Å². The fourth-order valence-electron chi connectivity index (χ4n) is 3.26. The molecule has 3 rings (SSSR count). The number of pyridine rings is 1. The van der Waals surface area contributed by atoms with Gasteiger partial charge in [-0.05, 0) is 43.0 Å². The third-order valence-corrected chi connectivity index (χ3v) is 4.54. The second kappa shape index (κ2) is 6.36. The first-order valence-electron chi connectivity index (χ1n) is 7.93. The number of likely N-dealkylation sites (N-methyl/N-ethyl adjacent to an activating group) is 1. The van der Waals surface area contributed by atoms with Crippen molar-refractivity contribution in [2.75, 3.05) is 6.54 Å². The average molecular weight is 268 g/mol. The summed E-state index contributed by atoms with van der Waals surface area (Å²) in [6.45, 7) is 3.26. The zero-order valence-corrected chi connectivity index (χ0v) is 12.3. The largest absolute Gasteiger partial charge is 0.314 e. The molecule has 106 valence electrons. The van der Waals surface area contributed by atoms with Gasteiger partial charge in [0.1, 0.15) is 0 Å². The van der Waals surface area contributed by atoms with Gasteiger partial charge < -0.3 is 5.32 Å². The maximum atomic E-state index is 4.46. The van der Waals surface area contributed by atoms with E-state index in [1.807, 2.05) is 6.20 Å². The zero-order valence-electron chi connectivity index (χ0n) is 12.3. The second-order valence-electron chi connectivity index (χ2n) is 5.98. The number of benzene rings is 1. The van der Waals surface area contributed by atoms with Gasteiger partial charge in [-0.3, -0.25) is 4.98 Å². The zero-order chi connectivity index (χ0) is 13.8. The summed E-state index contributed by atoms with van der Waals surface area (Å²) in [5.74, 6) is 0.951. The monoisotopic (exact) mass is 268 g/mol. The standard InChI is InChI=1S/C18H24N2/c1-2-19-16(12-14-6-5-7-14)13-15-10-11-20-18-9-4-3-8-17(15)18/h3-4,8-11,14,16,19H,2,5-7,12-13H2,1H3. The minimum Gasteiger partial charge on any atom is -0.314 e. The summed E-state index contributed by atoms with van der Waals surface area (Å²) in [7, 11) is 0. The Morgan fingerprint density at radius 3 is 2.85 bits per heavy atom. The Morgan fingerprint density at radius 2 is 2.10 bits per heavy atom. The Kier molecular flexibility index (Phi) is 4.31. The lowest BCUT2D eigenvalue weighted by Crippen LogP contribution is -2.34. The van der Waals surface area contributed by atoms with Gasteiger partial charge in [0.2, 0.25) is 0 Å². The first-order chi connectivity index (χ1) is 9.86. The summed E-state index contributed by atoms with van der Waals surface area (Å²) in [4.78, 5) is 4.46. The summed E-state index contributed by atoms with van der Waals surface area (Å²) in [6, 6.07) is 11.3. The molecule has 0 spiro atoms. The van der Waals surface area contributed by atoms with Crippen molar-refractivity contribution in [2.24, 2.45) is 5.92 Å². The van der Waals surface area contributed by atoms with Gasteiger partial charge in [0.25, 0.3) is 0 Å². The van der Waals surface area contributed by atoms with Crippen molar-refractivity contribution < 1.29 is 0 Å². The molecule has 1 fully saturated rings. The van der Waals surface area contributed by atoms with Gasteiger partial charge in [-0.2, -0.15) is 0 Å². The highest BCUT2D eigenvalue weighted by atomic mass is 14.9. The predicted octanol–water partition coefficient (Wildman–Crippen LogP) is 3.95. The van der Waals surface area contributed by atoms with Crippen molar-refractivity contribution in [3.05, 3.63) is 42.1 Å². The third-order valence-electron chi connectivity index (χ3n) is 4.54. The number of rotatable bonds is 6.